The lowest BCUT2D eigenvalue weighted by molar-refractivity contribution is -0.384. The highest BCUT2D eigenvalue weighted by atomic mass is 32.2. The molecule has 0 bridgehead atoms. The molecule has 0 spiro atoms. The third-order valence-corrected chi connectivity index (χ3v) is 4.63. The number of thioether (sulfide) groups is 1. The summed E-state index contributed by atoms with van der Waals surface area (Å²) in [6.07, 6.45) is 1.69. The van der Waals surface area contributed by atoms with Crippen LogP contribution in [0.25, 0.3) is 17.2 Å². The van der Waals surface area contributed by atoms with Gasteiger partial charge < -0.3 is 0 Å². The van der Waals surface area contributed by atoms with E-state index in [1.165, 1.54) is 17.8 Å². The van der Waals surface area contributed by atoms with Crippen molar-refractivity contribution in [1.82, 2.24) is 24.8 Å². The smallest absolute Gasteiger partial charge is 0.258 e. The Hall–Kier alpha value is -3.33. The van der Waals surface area contributed by atoms with Gasteiger partial charge in [0.15, 0.2) is 5.65 Å². The van der Waals surface area contributed by atoms with Gasteiger partial charge >= 0.3 is 0 Å². The third kappa shape index (κ3) is 3.24. The highest BCUT2D eigenvalue weighted by Crippen LogP contribution is 2.24. The van der Waals surface area contributed by atoms with Gasteiger partial charge in [-0.2, -0.15) is 9.61 Å². The lowest BCUT2D eigenvalue weighted by Gasteiger charge is -2.03. The molecular formula is C17H12N6O2S. The number of rotatable bonds is 5. The van der Waals surface area contributed by atoms with Crippen LogP contribution in [0.4, 0.5) is 5.69 Å². The van der Waals surface area contributed by atoms with Gasteiger partial charge in [-0.05, 0) is 29.8 Å². The zero-order valence-corrected chi connectivity index (χ0v) is 14.2. The molecule has 0 amide bonds. The van der Waals surface area contributed by atoms with Crippen LogP contribution in [0, 0.1) is 10.1 Å². The second-order valence-corrected chi connectivity index (χ2v) is 6.39. The Labute approximate surface area is 152 Å². The van der Waals surface area contributed by atoms with Crippen molar-refractivity contribution in [1.29, 1.82) is 0 Å². The number of hydrogen-bond acceptors (Lipinski definition) is 7. The van der Waals surface area contributed by atoms with Gasteiger partial charge in [-0.3, -0.25) is 15.1 Å². The molecule has 1 aromatic carbocycles. The maximum atomic E-state index is 10.9. The SMILES string of the molecule is O=[N+]([O-])c1cccc(CSc2ccc3nnc(-c4ccccn4)n3n2)c1. The highest BCUT2D eigenvalue weighted by Gasteiger charge is 2.11. The Morgan fingerprint density at radius 2 is 2.00 bits per heavy atom. The molecule has 0 aliphatic heterocycles. The van der Waals surface area contributed by atoms with Crippen LogP contribution < -0.4 is 0 Å². The number of fused-ring (bicyclic) bond motifs is 1. The van der Waals surface area contributed by atoms with E-state index < -0.39 is 4.92 Å². The molecule has 0 atom stereocenters. The first-order chi connectivity index (χ1) is 12.7. The molecule has 0 saturated carbocycles. The van der Waals surface area contributed by atoms with E-state index in [2.05, 4.69) is 20.3 Å². The summed E-state index contributed by atoms with van der Waals surface area (Å²) in [5, 5.41) is 24.5. The molecule has 4 rings (SSSR count). The first-order valence-electron chi connectivity index (χ1n) is 7.71. The minimum atomic E-state index is -0.394. The van der Waals surface area contributed by atoms with Crippen LogP contribution in [0.1, 0.15) is 5.56 Å². The van der Waals surface area contributed by atoms with Crippen molar-refractivity contribution in [3.05, 3.63) is 76.5 Å². The molecule has 0 unspecified atom stereocenters. The van der Waals surface area contributed by atoms with Crippen molar-refractivity contribution in [2.75, 3.05) is 0 Å². The number of nitro benzene ring substituents is 1. The fourth-order valence-corrected chi connectivity index (χ4v) is 3.22. The fourth-order valence-electron chi connectivity index (χ4n) is 2.42. The number of pyridine rings is 1. The molecule has 0 saturated heterocycles. The summed E-state index contributed by atoms with van der Waals surface area (Å²) in [5.41, 5.74) is 2.27. The van der Waals surface area contributed by atoms with Crippen molar-refractivity contribution in [3.8, 4) is 11.5 Å². The largest absolute Gasteiger partial charge is 0.269 e. The summed E-state index contributed by atoms with van der Waals surface area (Å²) >= 11 is 1.49. The summed E-state index contributed by atoms with van der Waals surface area (Å²) in [6.45, 7) is 0. The number of aromatic nitrogens is 5. The van der Waals surface area contributed by atoms with Gasteiger partial charge in [0.2, 0.25) is 5.82 Å². The molecule has 0 N–H and O–H groups in total. The monoisotopic (exact) mass is 364 g/mol. The van der Waals surface area contributed by atoms with E-state index in [-0.39, 0.29) is 5.69 Å². The van der Waals surface area contributed by atoms with Crippen LogP contribution in [-0.4, -0.2) is 29.7 Å². The summed E-state index contributed by atoms with van der Waals surface area (Å²) < 4.78 is 1.65. The molecule has 0 fully saturated rings. The van der Waals surface area contributed by atoms with E-state index in [1.54, 1.807) is 22.8 Å². The minimum Gasteiger partial charge on any atom is -0.258 e. The van der Waals surface area contributed by atoms with E-state index in [0.717, 1.165) is 10.6 Å². The average Bonchev–Trinajstić information content (AvgIpc) is 3.10. The maximum Gasteiger partial charge on any atom is 0.269 e. The summed E-state index contributed by atoms with van der Waals surface area (Å²) in [6, 6.07) is 15.8. The fraction of sp³-hybridized carbons (Fsp3) is 0.0588. The van der Waals surface area contributed by atoms with Crippen LogP contribution in [0.15, 0.2) is 65.8 Å². The van der Waals surface area contributed by atoms with Crippen molar-refractivity contribution in [3.63, 3.8) is 0 Å². The highest BCUT2D eigenvalue weighted by molar-refractivity contribution is 7.98. The predicted octanol–water partition coefficient (Wildman–Crippen LogP) is 3.39. The van der Waals surface area contributed by atoms with E-state index >= 15 is 0 Å². The summed E-state index contributed by atoms with van der Waals surface area (Å²) in [4.78, 5) is 14.8. The van der Waals surface area contributed by atoms with Gasteiger partial charge in [0.25, 0.3) is 5.69 Å². The minimum absolute atomic E-state index is 0.0859. The summed E-state index contributed by atoms with van der Waals surface area (Å²) in [7, 11) is 0. The van der Waals surface area contributed by atoms with Gasteiger partial charge in [0.1, 0.15) is 10.7 Å². The zero-order chi connectivity index (χ0) is 17.9. The molecular weight excluding hydrogens is 352 g/mol. The average molecular weight is 364 g/mol. The zero-order valence-electron chi connectivity index (χ0n) is 13.4. The normalized spacial score (nSPS) is 10.9. The molecule has 0 aliphatic carbocycles. The number of non-ortho nitro benzene ring substituents is 1. The Morgan fingerprint density at radius 1 is 1.08 bits per heavy atom. The van der Waals surface area contributed by atoms with Crippen LogP contribution in [0.3, 0.4) is 0 Å². The van der Waals surface area contributed by atoms with Crippen LogP contribution in [0.5, 0.6) is 0 Å². The molecule has 9 heteroatoms. The van der Waals surface area contributed by atoms with E-state index in [1.807, 2.05) is 36.4 Å². The first kappa shape index (κ1) is 16.2. The molecule has 0 aliphatic rings. The Kier molecular flexibility index (Phi) is 4.28. The Morgan fingerprint density at radius 3 is 2.81 bits per heavy atom. The number of nitrogens with zero attached hydrogens (tertiary/aromatic N) is 6. The van der Waals surface area contributed by atoms with Crippen molar-refractivity contribution < 1.29 is 4.92 Å². The maximum absolute atomic E-state index is 10.9. The molecule has 0 radical (unpaired) electrons. The third-order valence-electron chi connectivity index (χ3n) is 3.64. The number of benzene rings is 1. The number of nitro groups is 1. The standard InChI is InChI=1S/C17H12N6O2S/c24-23(25)13-5-3-4-12(10-13)11-26-16-8-7-15-19-20-17(22(15)21-16)14-6-1-2-9-18-14/h1-10H,11H2. The van der Waals surface area contributed by atoms with Crippen molar-refractivity contribution in [2.45, 2.75) is 10.8 Å². The molecule has 128 valence electrons. The van der Waals surface area contributed by atoms with E-state index in [9.17, 15) is 10.1 Å². The van der Waals surface area contributed by atoms with Crippen LogP contribution in [0.2, 0.25) is 0 Å². The van der Waals surface area contributed by atoms with Gasteiger partial charge in [-0.25, -0.2) is 0 Å². The van der Waals surface area contributed by atoms with Gasteiger partial charge in [-0.1, -0.05) is 30.0 Å². The lowest BCUT2D eigenvalue weighted by atomic mass is 10.2. The Balaban J connectivity index is 1.60. The summed E-state index contributed by atoms with van der Waals surface area (Å²) in [5.74, 6) is 1.14. The first-order valence-corrected chi connectivity index (χ1v) is 8.69. The second-order valence-electron chi connectivity index (χ2n) is 5.40. The van der Waals surface area contributed by atoms with E-state index in [4.69, 9.17) is 0 Å². The molecule has 26 heavy (non-hydrogen) atoms. The van der Waals surface area contributed by atoms with E-state index in [0.29, 0.717) is 22.9 Å². The Bertz CT molecular complexity index is 1080. The van der Waals surface area contributed by atoms with Gasteiger partial charge in [0, 0.05) is 24.1 Å². The van der Waals surface area contributed by atoms with Crippen LogP contribution in [-0.2, 0) is 5.75 Å². The number of hydrogen-bond donors (Lipinski definition) is 0. The molecule has 3 aromatic heterocycles. The lowest BCUT2D eigenvalue weighted by Crippen LogP contribution is -1.97. The molecule has 4 aromatic rings. The van der Waals surface area contributed by atoms with Crippen molar-refractivity contribution >= 4 is 23.1 Å². The van der Waals surface area contributed by atoms with Crippen LogP contribution >= 0.6 is 11.8 Å². The van der Waals surface area contributed by atoms with Gasteiger partial charge in [-0.15, -0.1) is 10.2 Å². The van der Waals surface area contributed by atoms with Crippen molar-refractivity contribution in [2.24, 2.45) is 0 Å². The second kappa shape index (κ2) is 6.89. The molecule has 3 heterocycles. The quantitative estimate of drug-likeness (QED) is 0.304. The van der Waals surface area contributed by atoms with Gasteiger partial charge in [0.05, 0.1) is 4.92 Å². The topological polar surface area (TPSA) is 99.1 Å². The molecule has 8 nitrogen and oxygen atoms in total. The predicted molar refractivity (Wildman–Crippen MR) is 96.7 cm³/mol.